The van der Waals surface area contributed by atoms with E-state index < -0.39 is 0 Å². The van der Waals surface area contributed by atoms with Gasteiger partial charge in [0, 0.05) is 5.56 Å². The van der Waals surface area contributed by atoms with E-state index in [0.717, 1.165) is 11.3 Å². The lowest BCUT2D eigenvalue weighted by Crippen LogP contribution is -2.24. The van der Waals surface area contributed by atoms with Gasteiger partial charge in [0.05, 0.1) is 22.9 Å². The molecule has 7 heteroatoms. The fourth-order valence-electron chi connectivity index (χ4n) is 1.43. The van der Waals surface area contributed by atoms with Crippen LogP contribution in [0.4, 0.5) is 0 Å². The maximum atomic E-state index is 11.9. The third kappa shape index (κ3) is 2.35. The Kier molecular flexibility index (Phi) is 3.48. The smallest absolute Gasteiger partial charge is 0.282 e. The number of hydrogen-bond acceptors (Lipinski definition) is 4. The summed E-state index contributed by atoms with van der Waals surface area (Å²) in [4.78, 5) is 11.9. The van der Waals surface area contributed by atoms with Crippen LogP contribution in [-0.2, 0) is 6.54 Å². The minimum absolute atomic E-state index is 0.195. The molecule has 2 heterocycles. The Labute approximate surface area is 114 Å². The number of halogens is 2. The van der Waals surface area contributed by atoms with Crippen molar-refractivity contribution in [3.63, 3.8) is 0 Å². The summed E-state index contributed by atoms with van der Waals surface area (Å²) in [5.74, 6) is 0.704. The van der Waals surface area contributed by atoms with Gasteiger partial charge in [-0.1, -0.05) is 5.16 Å². The molecular formula is C10H9Br2N3O2. The van der Waals surface area contributed by atoms with Crippen molar-refractivity contribution in [2.75, 3.05) is 0 Å². The molecule has 0 aliphatic carbocycles. The molecule has 0 saturated carbocycles. The van der Waals surface area contributed by atoms with Crippen LogP contribution in [0.25, 0.3) is 0 Å². The molecule has 17 heavy (non-hydrogen) atoms. The predicted octanol–water partition coefficient (Wildman–Crippen LogP) is 2.42. The second kappa shape index (κ2) is 4.73. The predicted molar refractivity (Wildman–Crippen MR) is 69.0 cm³/mol. The van der Waals surface area contributed by atoms with Crippen molar-refractivity contribution in [3.05, 3.63) is 42.5 Å². The van der Waals surface area contributed by atoms with Gasteiger partial charge in [0.1, 0.15) is 10.2 Å². The molecule has 2 rings (SSSR count). The van der Waals surface area contributed by atoms with E-state index in [4.69, 9.17) is 4.52 Å². The Morgan fingerprint density at radius 1 is 1.41 bits per heavy atom. The van der Waals surface area contributed by atoms with Crippen molar-refractivity contribution in [1.82, 2.24) is 14.9 Å². The van der Waals surface area contributed by atoms with Crippen LogP contribution in [0.3, 0.4) is 0 Å². The Balaban J connectivity index is 2.44. The van der Waals surface area contributed by atoms with E-state index in [1.165, 1.54) is 4.68 Å². The number of hydrogen-bond donors (Lipinski definition) is 0. The van der Waals surface area contributed by atoms with E-state index in [2.05, 4.69) is 42.1 Å². The summed E-state index contributed by atoms with van der Waals surface area (Å²) in [5.41, 5.74) is 1.46. The van der Waals surface area contributed by atoms with E-state index in [9.17, 15) is 4.79 Å². The fourth-order valence-corrected chi connectivity index (χ4v) is 2.00. The van der Waals surface area contributed by atoms with E-state index in [1.54, 1.807) is 6.20 Å². The summed E-state index contributed by atoms with van der Waals surface area (Å²) >= 11 is 6.45. The molecule has 0 saturated heterocycles. The lowest BCUT2D eigenvalue weighted by molar-refractivity contribution is 0.391. The van der Waals surface area contributed by atoms with Gasteiger partial charge in [0.2, 0.25) is 0 Å². The first-order chi connectivity index (χ1) is 8.00. The lowest BCUT2D eigenvalue weighted by atomic mass is 10.2. The third-order valence-electron chi connectivity index (χ3n) is 2.43. The van der Waals surface area contributed by atoms with Gasteiger partial charge < -0.3 is 4.52 Å². The Bertz CT molecular complexity index is 599. The number of nitrogens with zero attached hydrogens (tertiary/aromatic N) is 3. The van der Waals surface area contributed by atoms with Crippen LogP contribution >= 0.6 is 31.9 Å². The van der Waals surface area contributed by atoms with E-state index >= 15 is 0 Å². The molecule has 2 aromatic rings. The van der Waals surface area contributed by atoms with Gasteiger partial charge in [0.15, 0.2) is 0 Å². The van der Waals surface area contributed by atoms with Crippen LogP contribution < -0.4 is 5.56 Å². The summed E-state index contributed by atoms with van der Waals surface area (Å²) in [6.45, 7) is 4.00. The Hall–Kier alpha value is -0.950. The van der Waals surface area contributed by atoms with Gasteiger partial charge in [-0.25, -0.2) is 4.68 Å². The molecule has 0 aliphatic heterocycles. The molecule has 0 fully saturated rings. The molecule has 0 aliphatic rings. The first kappa shape index (κ1) is 12.5. The molecule has 0 N–H and O–H groups in total. The van der Waals surface area contributed by atoms with Crippen LogP contribution in [0.2, 0.25) is 0 Å². The molecule has 0 aromatic carbocycles. The zero-order valence-electron chi connectivity index (χ0n) is 9.20. The van der Waals surface area contributed by atoms with E-state index in [-0.39, 0.29) is 5.56 Å². The quantitative estimate of drug-likeness (QED) is 0.823. The highest BCUT2D eigenvalue weighted by molar-refractivity contribution is 9.13. The average molecular weight is 363 g/mol. The Morgan fingerprint density at radius 2 is 2.12 bits per heavy atom. The van der Waals surface area contributed by atoms with Crippen molar-refractivity contribution in [2.45, 2.75) is 20.4 Å². The molecular weight excluding hydrogens is 354 g/mol. The SMILES string of the molecule is Cc1noc(C)c1Cn1ncc(Br)c(Br)c1=O. The van der Waals surface area contributed by atoms with Gasteiger partial charge in [-0.15, -0.1) is 0 Å². The summed E-state index contributed by atoms with van der Waals surface area (Å²) in [6.07, 6.45) is 1.57. The number of aryl methyl sites for hydroxylation is 2. The highest BCUT2D eigenvalue weighted by atomic mass is 79.9. The first-order valence-corrected chi connectivity index (χ1v) is 6.42. The van der Waals surface area contributed by atoms with Gasteiger partial charge in [-0.3, -0.25) is 4.79 Å². The second-order valence-corrected chi connectivity index (χ2v) is 5.22. The largest absolute Gasteiger partial charge is 0.361 e. The van der Waals surface area contributed by atoms with Crippen LogP contribution in [0.15, 0.2) is 24.5 Å². The molecule has 2 aromatic heterocycles. The lowest BCUT2D eigenvalue weighted by Gasteiger charge is -2.05. The molecule has 0 bridgehead atoms. The molecule has 0 unspecified atom stereocenters. The zero-order valence-corrected chi connectivity index (χ0v) is 12.4. The fraction of sp³-hybridized carbons (Fsp3) is 0.300. The van der Waals surface area contributed by atoms with Crippen LogP contribution in [0, 0.1) is 13.8 Å². The van der Waals surface area contributed by atoms with Gasteiger partial charge in [0.25, 0.3) is 5.56 Å². The van der Waals surface area contributed by atoms with Crippen molar-refractivity contribution in [3.8, 4) is 0 Å². The Morgan fingerprint density at radius 3 is 2.71 bits per heavy atom. The normalized spacial score (nSPS) is 10.8. The number of rotatable bonds is 2. The summed E-state index contributed by atoms with van der Waals surface area (Å²) < 4.78 is 7.50. The molecule has 5 nitrogen and oxygen atoms in total. The van der Waals surface area contributed by atoms with Crippen LogP contribution in [0.1, 0.15) is 17.0 Å². The molecule has 0 radical (unpaired) electrons. The average Bonchev–Trinajstić information content (AvgIpc) is 2.61. The van der Waals surface area contributed by atoms with Gasteiger partial charge in [-0.05, 0) is 45.7 Å². The van der Waals surface area contributed by atoms with Gasteiger partial charge in [-0.2, -0.15) is 5.10 Å². The molecule has 0 atom stereocenters. The highest BCUT2D eigenvalue weighted by Crippen LogP contribution is 2.18. The summed E-state index contributed by atoms with van der Waals surface area (Å²) in [6, 6.07) is 0. The topological polar surface area (TPSA) is 60.9 Å². The number of aromatic nitrogens is 3. The molecule has 90 valence electrons. The van der Waals surface area contributed by atoms with Crippen molar-refractivity contribution >= 4 is 31.9 Å². The first-order valence-electron chi connectivity index (χ1n) is 4.83. The molecule has 0 amide bonds. The maximum absolute atomic E-state index is 11.9. The monoisotopic (exact) mass is 361 g/mol. The highest BCUT2D eigenvalue weighted by Gasteiger charge is 2.13. The van der Waals surface area contributed by atoms with Gasteiger partial charge >= 0.3 is 0 Å². The van der Waals surface area contributed by atoms with Crippen LogP contribution in [0.5, 0.6) is 0 Å². The third-order valence-corrected chi connectivity index (χ3v) is 4.33. The second-order valence-electron chi connectivity index (χ2n) is 3.57. The van der Waals surface area contributed by atoms with E-state index in [1.807, 2.05) is 13.8 Å². The van der Waals surface area contributed by atoms with Crippen LogP contribution in [-0.4, -0.2) is 14.9 Å². The van der Waals surface area contributed by atoms with Crippen molar-refractivity contribution in [2.24, 2.45) is 0 Å². The van der Waals surface area contributed by atoms with Crippen molar-refractivity contribution < 1.29 is 4.52 Å². The van der Waals surface area contributed by atoms with Crippen molar-refractivity contribution in [1.29, 1.82) is 0 Å². The summed E-state index contributed by atoms with van der Waals surface area (Å²) in [5, 5.41) is 7.90. The maximum Gasteiger partial charge on any atom is 0.282 e. The zero-order chi connectivity index (χ0) is 12.6. The standard InChI is InChI=1S/C10H9Br2N3O2/c1-5-7(6(2)17-14-5)4-15-10(16)9(12)8(11)3-13-15/h3H,4H2,1-2H3. The minimum atomic E-state index is -0.195. The minimum Gasteiger partial charge on any atom is -0.361 e. The summed E-state index contributed by atoms with van der Waals surface area (Å²) in [7, 11) is 0. The molecule has 0 spiro atoms. The van der Waals surface area contributed by atoms with E-state index in [0.29, 0.717) is 21.3 Å².